The number of aryl methyl sites for hydroxylation is 1. The highest BCUT2D eigenvalue weighted by molar-refractivity contribution is 6.10. The second kappa shape index (κ2) is 7.77. The van der Waals surface area contributed by atoms with Crippen molar-refractivity contribution in [3.63, 3.8) is 0 Å². The third kappa shape index (κ3) is 4.25. The average Bonchev–Trinajstić information content (AvgIpc) is 2.99. The molecule has 2 aliphatic carbocycles. The molecule has 0 aliphatic heterocycles. The van der Waals surface area contributed by atoms with E-state index in [1.807, 2.05) is 13.8 Å². The second-order valence-electron chi connectivity index (χ2n) is 7.36. The van der Waals surface area contributed by atoms with Crippen LogP contribution in [0.1, 0.15) is 70.3 Å². The molecule has 4 heteroatoms. The Hall–Kier alpha value is -2.23. The van der Waals surface area contributed by atoms with Gasteiger partial charge in [0.2, 0.25) is 0 Å². The summed E-state index contributed by atoms with van der Waals surface area (Å²) in [7, 11) is 0. The summed E-state index contributed by atoms with van der Waals surface area (Å²) in [6, 6.07) is 2.11. The van der Waals surface area contributed by atoms with E-state index in [9.17, 15) is 0 Å². The van der Waals surface area contributed by atoms with Crippen LogP contribution in [0.5, 0.6) is 0 Å². The molecule has 0 fully saturated rings. The van der Waals surface area contributed by atoms with Crippen LogP contribution in [0.2, 0.25) is 0 Å². The molecule has 5 N–H and O–H groups in total. The predicted octanol–water partition coefficient (Wildman–Crippen LogP) is 4.85. The van der Waals surface area contributed by atoms with E-state index in [1.165, 1.54) is 5.56 Å². The third-order valence-corrected chi connectivity index (χ3v) is 4.88. The van der Waals surface area contributed by atoms with Gasteiger partial charge in [-0.3, -0.25) is 5.41 Å². The third-order valence-electron chi connectivity index (χ3n) is 4.88. The van der Waals surface area contributed by atoms with E-state index in [0.29, 0.717) is 5.71 Å². The first-order valence-electron chi connectivity index (χ1n) is 9.26. The van der Waals surface area contributed by atoms with Crippen LogP contribution in [0.25, 0.3) is 6.08 Å². The Morgan fingerprint density at radius 2 is 2.04 bits per heavy atom. The zero-order valence-electron chi connectivity index (χ0n) is 16.1. The van der Waals surface area contributed by atoms with Gasteiger partial charge in [-0.05, 0) is 67.0 Å². The summed E-state index contributed by atoms with van der Waals surface area (Å²) in [5.41, 5.74) is 13.4. The number of H-pyrrole nitrogens is 1. The van der Waals surface area contributed by atoms with Crippen molar-refractivity contribution in [1.29, 1.82) is 5.41 Å². The summed E-state index contributed by atoms with van der Waals surface area (Å²) in [5.74, 6) is 0. The van der Waals surface area contributed by atoms with Gasteiger partial charge in [0.05, 0.1) is 11.4 Å². The van der Waals surface area contributed by atoms with Crippen LogP contribution in [-0.2, 0) is 6.42 Å². The number of rotatable bonds is 4. The van der Waals surface area contributed by atoms with Crippen molar-refractivity contribution in [2.75, 3.05) is 0 Å². The number of allylic oxidation sites excluding steroid dienone is 3. The number of hydrogen-bond donors (Lipinski definition) is 4. The standard InChI is InChI=1S/C19H26N4.C2H6/c1-4-22-13-6-5-12-9-17(23-16(12)10-13)18(21)14-7-8-19(2,3)11-15(14)20;1-2/h4,9-10,21-23H,1,5-8,11,20H2,2-3H3;1-2H3. The number of aromatic amines is 1. The van der Waals surface area contributed by atoms with Crippen LogP contribution in [0.3, 0.4) is 0 Å². The number of nitrogens with two attached hydrogens (primary N) is 1. The van der Waals surface area contributed by atoms with Crippen molar-refractivity contribution >= 4 is 11.8 Å². The summed E-state index contributed by atoms with van der Waals surface area (Å²) in [6.45, 7) is 12.2. The predicted molar refractivity (Wildman–Crippen MR) is 107 cm³/mol. The van der Waals surface area contributed by atoms with Gasteiger partial charge in [0, 0.05) is 17.1 Å². The molecule has 0 aromatic carbocycles. The molecule has 136 valence electrons. The molecule has 0 atom stereocenters. The summed E-state index contributed by atoms with van der Waals surface area (Å²) in [5, 5.41) is 11.7. The second-order valence-corrected chi connectivity index (χ2v) is 7.36. The molecule has 1 aromatic rings. The molecule has 0 spiro atoms. The Balaban J connectivity index is 0.00000109. The van der Waals surface area contributed by atoms with E-state index in [4.69, 9.17) is 11.1 Å². The molecule has 0 saturated heterocycles. The maximum atomic E-state index is 8.57. The van der Waals surface area contributed by atoms with Gasteiger partial charge in [-0.1, -0.05) is 34.3 Å². The summed E-state index contributed by atoms with van der Waals surface area (Å²) < 4.78 is 0. The smallest absolute Gasteiger partial charge is 0.0823 e. The highest BCUT2D eigenvalue weighted by Crippen LogP contribution is 2.38. The zero-order valence-corrected chi connectivity index (χ0v) is 16.1. The van der Waals surface area contributed by atoms with Crippen molar-refractivity contribution in [3.8, 4) is 0 Å². The van der Waals surface area contributed by atoms with Crippen molar-refractivity contribution in [3.05, 3.63) is 52.8 Å². The minimum Gasteiger partial charge on any atom is -0.402 e. The Labute approximate surface area is 151 Å². The summed E-state index contributed by atoms with van der Waals surface area (Å²) >= 11 is 0. The topological polar surface area (TPSA) is 77.7 Å². The van der Waals surface area contributed by atoms with Gasteiger partial charge in [0.1, 0.15) is 0 Å². The monoisotopic (exact) mass is 340 g/mol. The zero-order chi connectivity index (χ0) is 18.6. The Bertz CT molecular complexity index is 716. The van der Waals surface area contributed by atoms with Crippen LogP contribution >= 0.6 is 0 Å². The largest absolute Gasteiger partial charge is 0.402 e. The van der Waals surface area contributed by atoms with E-state index >= 15 is 0 Å². The van der Waals surface area contributed by atoms with E-state index in [0.717, 1.165) is 60.5 Å². The lowest BCUT2D eigenvalue weighted by atomic mass is 9.75. The molecule has 1 heterocycles. The highest BCUT2D eigenvalue weighted by Gasteiger charge is 2.28. The normalized spacial score (nSPS) is 18.5. The average molecular weight is 341 g/mol. The fourth-order valence-corrected chi connectivity index (χ4v) is 3.53. The highest BCUT2D eigenvalue weighted by atomic mass is 14.9. The van der Waals surface area contributed by atoms with Gasteiger partial charge >= 0.3 is 0 Å². The molecule has 4 nitrogen and oxygen atoms in total. The molecule has 2 aliphatic rings. The van der Waals surface area contributed by atoms with Crippen molar-refractivity contribution in [2.24, 2.45) is 11.1 Å². The summed E-state index contributed by atoms with van der Waals surface area (Å²) in [6.07, 6.45) is 8.62. The fraction of sp³-hybridized carbons (Fsp3) is 0.476. The van der Waals surface area contributed by atoms with E-state index in [2.05, 4.69) is 42.9 Å². The number of nitrogens with one attached hydrogen (secondary N) is 3. The Kier molecular flexibility index (Phi) is 5.93. The van der Waals surface area contributed by atoms with Gasteiger partial charge in [0.25, 0.3) is 0 Å². The van der Waals surface area contributed by atoms with E-state index in [-0.39, 0.29) is 5.41 Å². The van der Waals surface area contributed by atoms with Gasteiger partial charge in [-0.2, -0.15) is 0 Å². The first-order chi connectivity index (χ1) is 11.9. The Morgan fingerprint density at radius 1 is 1.32 bits per heavy atom. The van der Waals surface area contributed by atoms with Crippen LogP contribution in [-0.4, -0.2) is 10.7 Å². The molecule has 0 amide bonds. The van der Waals surface area contributed by atoms with E-state index in [1.54, 1.807) is 6.20 Å². The van der Waals surface area contributed by atoms with E-state index < -0.39 is 0 Å². The molecule has 0 radical (unpaired) electrons. The summed E-state index contributed by atoms with van der Waals surface area (Å²) in [4.78, 5) is 3.40. The van der Waals surface area contributed by atoms with Crippen LogP contribution in [0, 0.1) is 10.8 Å². The molecule has 25 heavy (non-hydrogen) atoms. The van der Waals surface area contributed by atoms with Crippen LogP contribution in [0.4, 0.5) is 0 Å². The molecule has 0 unspecified atom stereocenters. The lowest BCUT2D eigenvalue weighted by Crippen LogP contribution is -2.25. The quantitative estimate of drug-likeness (QED) is 0.591. The molecule has 0 saturated carbocycles. The molecule has 0 bridgehead atoms. The lowest BCUT2D eigenvalue weighted by molar-refractivity contribution is 0.315. The molecular formula is C21H32N4. The van der Waals surface area contributed by atoms with Crippen molar-refractivity contribution in [1.82, 2.24) is 10.3 Å². The van der Waals surface area contributed by atoms with Gasteiger partial charge in [0.15, 0.2) is 0 Å². The Morgan fingerprint density at radius 3 is 2.68 bits per heavy atom. The lowest BCUT2D eigenvalue weighted by Gasteiger charge is -2.31. The molecule has 1 aromatic heterocycles. The SMILES string of the molecule is C=CNC1=Cc2[nH]c(C(=N)C3=C(N)CC(C)(C)CC3)cc2CC1.CC. The first-order valence-corrected chi connectivity index (χ1v) is 9.26. The number of hydrogen-bond acceptors (Lipinski definition) is 3. The minimum absolute atomic E-state index is 0.247. The molecular weight excluding hydrogens is 308 g/mol. The van der Waals surface area contributed by atoms with Gasteiger partial charge in [-0.15, -0.1) is 0 Å². The van der Waals surface area contributed by atoms with Crippen molar-refractivity contribution < 1.29 is 0 Å². The van der Waals surface area contributed by atoms with Gasteiger partial charge in [-0.25, -0.2) is 0 Å². The van der Waals surface area contributed by atoms with Crippen LogP contribution in [0.15, 0.2) is 35.8 Å². The fourth-order valence-electron chi connectivity index (χ4n) is 3.53. The maximum absolute atomic E-state index is 8.57. The minimum atomic E-state index is 0.247. The van der Waals surface area contributed by atoms with Gasteiger partial charge < -0.3 is 16.0 Å². The number of aromatic nitrogens is 1. The number of fused-ring (bicyclic) bond motifs is 1. The maximum Gasteiger partial charge on any atom is 0.0823 e. The first kappa shape index (κ1) is 19.1. The van der Waals surface area contributed by atoms with Crippen LogP contribution < -0.4 is 11.1 Å². The molecule has 3 rings (SSSR count). The van der Waals surface area contributed by atoms with Crippen molar-refractivity contribution in [2.45, 2.75) is 59.8 Å².